The van der Waals surface area contributed by atoms with Gasteiger partial charge in [-0.15, -0.1) is 0 Å². The number of aromatic nitrogens is 2. The Bertz CT molecular complexity index is 798. The van der Waals surface area contributed by atoms with Crippen molar-refractivity contribution in [3.8, 4) is 0 Å². The van der Waals surface area contributed by atoms with E-state index >= 15 is 0 Å². The Labute approximate surface area is 159 Å². The number of amides is 1. The van der Waals surface area contributed by atoms with E-state index < -0.39 is 0 Å². The van der Waals surface area contributed by atoms with Crippen molar-refractivity contribution in [1.29, 1.82) is 0 Å². The Morgan fingerprint density at radius 3 is 2.44 bits per heavy atom. The number of hydrogen-bond donors (Lipinski definition) is 0. The minimum Gasteiger partial charge on any atom is -0.378 e. The molecule has 2 saturated heterocycles. The summed E-state index contributed by atoms with van der Waals surface area (Å²) in [7, 11) is 0. The smallest absolute Gasteiger partial charge is 0.254 e. The third-order valence-electron chi connectivity index (χ3n) is 5.19. The van der Waals surface area contributed by atoms with Crippen molar-refractivity contribution in [2.24, 2.45) is 0 Å². The molecule has 2 aromatic rings. The monoisotopic (exact) mass is 367 g/mol. The second-order valence-electron chi connectivity index (χ2n) is 6.91. The number of morpholine rings is 1. The first-order chi connectivity index (χ1) is 13.2. The lowest BCUT2D eigenvalue weighted by Gasteiger charge is -2.36. The maximum Gasteiger partial charge on any atom is 0.254 e. The van der Waals surface area contributed by atoms with E-state index in [-0.39, 0.29) is 5.91 Å². The Morgan fingerprint density at radius 2 is 1.70 bits per heavy atom. The van der Waals surface area contributed by atoms with E-state index in [0.717, 1.165) is 49.1 Å². The summed E-state index contributed by atoms with van der Waals surface area (Å²) in [6, 6.07) is 9.72. The molecule has 4 rings (SSSR count). The van der Waals surface area contributed by atoms with Gasteiger partial charge in [-0.2, -0.15) is 4.98 Å². The number of carbonyl (C=O) groups is 1. The summed E-state index contributed by atoms with van der Waals surface area (Å²) in [5.74, 6) is 1.80. The molecule has 0 radical (unpaired) electrons. The number of carbonyl (C=O) groups excluding carboxylic acids is 1. The van der Waals surface area contributed by atoms with Crippen molar-refractivity contribution >= 4 is 17.7 Å². The van der Waals surface area contributed by atoms with Gasteiger partial charge in [0, 0.05) is 51.0 Å². The minimum atomic E-state index is 0.115. The van der Waals surface area contributed by atoms with Gasteiger partial charge in [-0.25, -0.2) is 4.98 Å². The molecule has 2 aliphatic rings. The van der Waals surface area contributed by atoms with Crippen LogP contribution in [0.3, 0.4) is 0 Å². The van der Waals surface area contributed by atoms with E-state index in [4.69, 9.17) is 9.72 Å². The zero-order valence-corrected chi connectivity index (χ0v) is 15.7. The van der Waals surface area contributed by atoms with Crippen molar-refractivity contribution in [3.63, 3.8) is 0 Å². The Balaban J connectivity index is 1.40. The van der Waals surface area contributed by atoms with Crippen LogP contribution in [0, 0.1) is 6.92 Å². The van der Waals surface area contributed by atoms with Crippen molar-refractivity contribution < 1.29 is 9.53 Å². The zero-order valence-electron chi connectivity index (χ0n) is 15.7. The van der Waals surface area contributed by atoms with E-state index in [0.29, 0.717) is 26.3 Å². The summed E-state index contributed by atoms with van der Waals surface area (Å²) in [6.07, 6.45) is 1.82. The molecule has 1 aromatic heterocycles. The number of hydrogen-bond acceptors (Lipinski definition) is 6. The summed E-state index contributed by atoms with van der Waals surface area (Å²) >= 11 is 0. The fourth-order valence-corrected chi connectivity index (χ4v) is 3.55. The molecule has 2 fully saturated rings. The van der Waals surface area contributed by atoms with Gasteiger partial charge < -0.3 is 19.4 Å². The molecule has 2 aliphatic heterocycles. The van der Waals surface area contributed by atoms with Crippen LogP contribution in [0.15, 0.2) is 36.5 Å². The van der Waals surface area contributed by atoms with Gasteiger partial charge in [0.25, 0.3) is 5.91 Å². The number of piperazine rings is 1. The van der Waals surface area contributed by atoms with E-state index in [1.165, 1.54) is 0 Å². The van der Waals surface area contributed by atoms with Crippen molar-refractivity contribution in [2.75, 3.05) is 62.3 Å². The van der Waals surface area contributed by atoms with Crippen LogP contribution >= 0.6 is 0 Å². The van der Waals surface area contributed by atoms with Crippen LogP contribution in [-0.4, -0.2) is 73.3 Å². The number of ether oxygens (including phenoxy) is 1. The van der Waals surface area contributed by atoms with E-state index in [1.807, 2.05) is 48.4 Å². The lowest BCUT2D eigenvalue weighted by molar-refractivity contribution is 0.0746. The third-order valence-corrected chi connectivity index (χ3v) is 5.19. The highest BCUT2D eigenvalue weighted by Crippen LogP contribution is 2.19. The first kappa shape index (κ1) is 17.7. The van der Waals surface area contributed by atoms with Crippen LogP contribution in [-0.2, 0) is 4.74 Å². The van der Waals surface area contributed by atoms with Crippen LogP contribution in [0.5, 0.6) is 0 Å². The molecule has 142 valence electrons. The average Bonchev–Trinajstić information content (AvgIpc) is 2.74. The average molecular weight is 367 g/mol. The standard InChI is InChI=1S/C20H25N5O2/c1-16-4-2-3-5-17(16)19(26)24-10-8-23(9-11-24)18-6-7-21-20(22-18)25-12-14-27-15-13-25/h2-7H,8-15H2,1H3. The molecule has 0 N–H and O–H groups in total. The highest BCUT2D eigenvalue weighted by molar-refractivity contribution is 5.95. The maximum atomic E-state index is 12.8. The summed E-state index contributed by atoms with van der Waals surface area (Å²) < 4.78 is 5.40. The van der Waals surface area contributed by atoms with Gasteiger partial charge in [0.2, 0.25) is 5.95 Å². The minimum absolute atomic E-state index is 0.115. The Hall–Kier alpha value is -2.67. The largest absolute Gasteiger partial charge is 0.378 e. The van der Waals surface area contributed by atoms with Crippen LogP contribution in [0.1, 0.15) is 15.9 Å². The fourth-order valence-electron chi connectivity index (χ4n) is 3.55. The molecule has 0 saturated carbocycles. The number of benzene rings is 1. The zero-order chi connectivity index (χ0) is 18.6. The molecule has 1 amide bonds. The van der Waals surface area contributed by atoms with Crippen molar-refractivity contribution in [1.82, 2.24) is 14.9 Å². The van der Waals surface area contributed by atoms with Crippen molar-refractivity contribution in [3.05, 3.63) is 47.7 Å². The molecule has 0 bridgehead atoms. The van der Waals surface area contributed by atoms with Crippen LogP contribution in [0.4, 0.5) is 11.8 Å². The second kappa shape index (κ2) is 7.92. The molecule has 3 heterocycles. The summed E-state index contributed by atoms with van der Waals surface area (Å²) in [5.41, 5.74) is 1.82. The molecule has 1 aromatic carbocycles. The number of rotatable bonds is 3. The van der Waals surface area contributed by atoms with Crippen LogP contribution in [0.2, 0.25) is 0 Å². The predicted octanol–water partition coefficient (Wildman–Crippen LogP) is 1.58. The molecule has 0 spiro atoms. The second-order valence-corrected chi connectivity index (χ2v) is 6.91. The van der Waals surface area contributed by atoms with Crippen LogP contribution in [0.25, 0.3) is 0 Å². The SMILES string of the molecule is Cc1ccccc1C(=O)N1CCN(c2ccnc(N3CCOCC3)n2)CC1. The lowest BCUT2D eigenvalue weighted by atomic mass is 10.1. The Morgan fingerprint density at radius 1 is 0.963 bits per heavy atom. The number of aryl methyl sites for hydroxylation is 1. The van der Waals surface area contributed by atoms with Crippen molar-refractivity contribution in [2.45, 2.75) is 6.92 Å². The molecule has 7 heteroatoms. The number of anilines is 2. The molecule has 0 unspecified atom stereocenters. The van der Waals surface area contributed by atoms with Gasteiger partial charge in [0.1, 0.15) is 5.82 Å². The normalized spacial score (nSPS) is 17.9. The summed E-state index contributed by atoms with van der Waals surface area (Å²) in [5, 5.41) is 0. The topological polar surface area (TPSA) is 61.8 Å². The van der Waals surface area contributed by atoms with Gasteiger partial charge in [0.05, 0.1) is 13.2 Å². The molecule has 0 atom stereocenters. The predicted molar refractivity (Wildman–Crippen MR) is 104 cm³/mol. The third kappa shape index (κ3) is 3.88. The summed E-state index contributed by atoms with van der Waals surface area (Å²) in [6.45, 7) is 8.00. The summed E-state index contributed by atoms with van der Waals surface area (Å²) in [4.78, 5) is 28.3. The molecular formula is C20H25N5O2. The van der Waals surface area contributed by atoms with Gasteiger partial charge in [0.15, 0.2) is 0 Å². The molecular weight excluding hydrogens is 342 g/mol. The maximum absolute atomic E-state index is 12.8. The fraction of sp³-hybridized carbons (Fsp3) is 0.450. The Kier molecular flexibility index (Phi) is 5.20. The van der Waals surface area contributed by atoms with Gasteiger partial charge >= 0.3 is 0 Å². The van der Waals surface area contributed by atoms with E-state index in [1.54, 1.807) is 0 Å². The van der Waals surface area contributed by atoms with Gasteiger partial charge in [-0.1, -0.05) is 18.2 Å². The van der Waals surface area contributed by atoms with E-state index in [9.17, 15) is 4.79 Å². The van der Waals surface area contributed by atoms with Crippen LogP contribution < -0.4 is 9.80 Å². The van der Waals surface area contributed by atoms with Gasteiger partial charge in [-0.3, -0.25) is 4.79 Å². The van der Waals surface area contributed by atoms with Gasteiger partial charge in [-0.05, 0) is 24.6 Å². The first-order valence-corrected chi connectivity index (χ1v) is 9.48. The molecule has 7 nitrogen and oxygen atoms in total. The first-order valence-electron chi connectivity index (χ1n) is 9.48. The highest BCUT2D eigenvalue weighted by Gasteiger charge is 2.24. The molecule has 0 aliphatic carbocycles. The molecule has 27 heavy (non-hydrogen) atoms. The number of nitrogens with zero attached hydrogens (tertiary/aromatic N) is 5. The highest BCUT2D eigenvalue weighted by atomic mass is 16.5. The lowest BCUT2D eigenvalue weighted by Crippen LogP contribution is -2.49. The quantitative estimate of drug-likeness (QED) is 0.821. The van der Waals surface area contributed by atoms with E-state index in [2.05, 4.69) is 14.8 Å².